The van der Waals surface area contributed by atoms with Crippen LogP contribution in [0.2, 0.25) is 5.02 Å². The number of rotatable bonds is 5. The smallest absolute Gasteiger partial charge is 0.310 e. The normalized spacial score (nSPS) is 10.9. The van der Waals surface area contributed by atoms with E-state index in [4.69, 9.17) is 16.3 Å². The Morgan fingerprint density at radius 3 is 2.48 bits per heavy atom. The lowest BCUT2D eigenvalue weighted by atomic mass is 9.99. The SMILES string of the molecule is CCOC(=O)Cc1cccc(-c2cc3cc(-c4ccc(F)cc4)c(Cl)cc3[nH]c2=O)c1. The van der Waals surface area contributed by atoms with Gasteiger partial charge in [-0.15, -0.1) is 0 Å². The van der Waals surface area contributed by atoms with E-state index in [1.807, 2.05) is 24.3 Å². The Hall–Kier alpha value is -3.44. The molecule has 0 amide bonds. The van der Waals surface area contributed by atoms with Gasteiger partial charge in [0.1, 0.15) is 5.82 Å². The summed E-state index contributed by atoms with van der Waals surface area (Å²) in [5, 5.41) is 1.24. The number of carbonyl (C=O) groups is 1. The number of fused-ring (bicyclic) bond motifs is 1. The second kappa shape index (κ2) is 8.74. The van der Waals surface area contributed by atoms with Gasteiger partial charge in [-0.1, -0.05) is 48.0 Å². The van der Waals surface area contributed by atoms with Crippen molar-refractivity contribution in [3.8, 4) is 22.3 Å². The number of pyridine rings is 1. The number of aromatic nitrogens is 1. The molecule has 0 aliphatic rings. The van der Waals surface area contributed by atoms with E-state index in [2.05, 4.69) is 4.98 Å². The maximum Gasteiger partial charge on any atom is 0.310 e. The van der Waals surface area contributed by atoms with Crippen LogP contribution in [0.3, 0.4) is 0 Å². The van der Waals surface area contributed by atoms with Crippen molar-refractivity contribution in [2.75, 3.05) is 6.61 Å². The van der Waals surface area contributed by atoms with Gasteiger partial charge in [0.2, 0.25) is 0 Å². The van der Waals surface area contributed by atoms with E-state index in [1.165, 1.54) is 12.1 Å². The molecule has 0 spiro atoms. The van der Waals surface area contributed by atoms with Crippen molar-refractivity contribution in [3.05, 3.63) is 93.5 Å². The number of hydrogen-bond acceptors (Lipinski definition) is 3. The molecule has 3 aromatic carbocycles. The zero-order chi connectivity index (χ0) is 22.0. The van der Waals surface area contributed by atoms with Crippen molar-refractivity contribution in [2.24, 2.45) is 0 Å². The summed E-state index contributed by atoms with van der Waals surface area (Å²) in [6.45, 7) is 2.08. The summed E-state index contributed by atoms with van der Waals surface area (Å²) in [6, 6.07) is 18.7. The Morgan fingerprint density at radius 1 is 1.00 bits per heavy atom. The van der Waals surface area contributed by atoms with Gasteiger partial charge in [0.15, 0.2) is 0 Å². The van der Waals surface area contributed by atoms with Gasteiger partial charge in [-0.3, -0.25) is 9.59 Å². The molecule has 1 heterocycles. The fourth-order valence-electron chi connectivity index (χ4n) is 3.52. The lowest BCUT2D eigenvalue weighted by molar-refractivity contribution is -0.142. The molecule has 1 N–H and O–H groups in total. The third kappa shape index (κ3) is 4.52. The number of ether oxygens (including phenoxy) is 1. The quantitative estimate of drug-likeness (QED) is 0.405. The van der Waals surface area contributed by atoms with Crippen LogP contribution >= 0.6 is 11.6 Å². The molecule has 6 heteroatoms. The predicted molar refractivity (Wildman–Crippen MR) is 121 cm³/mol. The van der Waals surface area contributed by atoms with Crippen LogP contribution in [0.25, 0.3) is 33.2 Å². The zero-order valence-corrected chi connectivity index (χ0v) is 17.5. The van der Waals surface area contributed by atoms with Gasteiger partial charge >= 0.3 is 5.97 Å². The van der Waals surface area contributed by atoms with Gasteiger partial charge in [-0.05, 0) is 59.3 Å². The van der Waals surface area contributed by atoms with E-state index in [-0.39, 0.29) is 23.8 Å². The van der Waals surface area contributed by atoms with Crippen molar-refractivity contribution in [1.82, 2.24) is 4.98 Å². The van der Waals surface area contributed by atoms with Crippen LogP contribution in [-0.2, 0) is 16.0 Å². The Kier molecular flexibility index (Phi) is 5.87. The Balaban J connectivity index is 1.78. The minimum absolute atomic E-state index is 0.136. The third-order valence-electron chi connectivity index (χ3n) is 4.98. The fraction of sp³-hybridized carbons (Fsp3) is 0.120. The van der Waals surface area contributed by atoms with Crippen LogP contribution in [0.4, 0.5) is 4.39 Å². The van der Waals surface area contributed by atoms with Gasteiger partial charge in [0.05, 0.1) is 18.1 Å². The van der Waals surface area contributed by atoms with Gasteiger partial charge in [0.25, 0.3) is 5.56 Å². The predicted octanol–water partition coefficient (Wildman–Crippen LogP) is 5.76. The number of carbonyl (C=O) groups excluding carboxylic acids is 1. The first kappa shape index (κ1) is 20.8. The average molecular weight is 436 g/mol. The maximum absolute atomic E-state index is 13.3. The molecule has 1 aromatic heterocycles. The van der Waals surface area contributed by atoms with Crippen LogP contribution in [-0.4, -0.2) is 17.6 Å². The molecule has 0 fully saturated rings. The van der Waals surface area contributed by atoms with Crippen molar-refractivity contribution >= 4 is 28.5 Å². The highest BCUT2D eigenvalue weighted by molar-refractivity contribution is 6.34. The van der Waals surface area contributed by atoms with Crippen LogP contribution in [0.15, 0.2) is 71.5 Å². The fourth-order valence-corrected chi connectivity index (χ4v) is 3.79. The Bertz CT molecular complexity index is 1330. The Morgan fingerprint density at radius 2 is 1.74 bits per heavy atom. The number of aromatic amines is 1. The minimum Gasteiger partial charge on any atom is -0.466 e. The van der Waals surface area contributed by atoms with E-state index >= 15 is 0 Å². The molecule has 31 heavy (non-hydrogen) atoms. The Labute approximate surface area is 183 Å². The molecule has 0 aliphatic carbocycles. The summed E-state index contributed by atoms with van der Waals surface area (Å²) >= 11 is 6.42. The summed E-state index contributed by atoms with van der Waals surface area (Å²) < 4.78 is 18.3. The molecular formula is C25H19ClFNO3. The number of benzene rings is 3. The summed E-state index contributed by atoms with van der Waals surface area (Å²) in [6.07, 6.45) is 0.136. The number of H-pyrrole nitrogens is 1. The largest absolute Gasteiger partial charge is 0.466 e. The van der Waals surface area contributed by atoms with Crippen LogP contribution < -0.4 is 5.56 Å². The van der Waals surface area contributed by atoms with Crippen molar-refractivity contribution in [3.63, 3.8) is 0 Å². The molecule has 0 saturated heterocycles. The molecule has 156 valence electrons. The first-order valence-electron chi connectivity index (χ1n) is 9.82. The molecule has 0 atom stereocenters. The second-order valence-electron chi connectivity index (χ2n) is 7.12. The van der Waals surface area contributed by atoms with E-state index in [0.29, 0.717) is 28.3 Å². The molecule has 0 unspecified atom stereocenters. The summed E-state index contributed by atoms with van der Waals surface area (Å²) in [4.78, 5) is 27.4. The van der Waals surface area contributed by atoms with Crippen LogP contribution in [0.1, 0.15) is 12.5 Å². The monoisotopic (exact) mass is 435 g/mol. The molecule has 0 aliphatic heterocycles. The standard InChI is InChI=1S/C25H19ClFNO3/c1-2-31-24(29)11-15-4-3-5-17(10-15)21-13-18-12-20(16-6-8-19(27)9-7-16)22(26)14-23(18)28-25(21)30/h3-10,12-14H,2,11H2,1H3,(H,28,30). The van der Waals surface area contributed by atoms with Gasteiger partial charge in [-0.2, -0.15) is 0 Å². The molecule has 0 bridgehead atoms. The average Bonchev–Trinajstić information content (AvgIpc) is 2.74. The zero-order valence-electron chi connectivity index (χ0n) is 16.7. The molecule has 4 rings (SSSR count). The molecule has 0 radical (unpaired) electrons. The number of esters is 1. The van der Waals surface area contributed by atoms with Gasteiger partial charge in [-0.25, -0.2) is 4.39 Å². The van der Waals surface area contributed by atoms with E-state index in [0.717, 1.165) is 22.1 Å². The van der Waals surface area contributed by atoms with E-state index in [9.17, 15) is 14.0 Å². The third-order valence-corrected chi connectivity index (χ3v) is 5.29. The first-order valence-corrected chi connectivity index (χ1v) is 10.2. The lowest BCUT2D eigenvalue weighted by Gasteiger charge is -2.10. The summed E-state index contributed by atoms with van der Waals surface area (Å²) in [5.74, 6) is -0.638. The number of nitrogens with one attached hydrogen (secondary N) is 1. The van der Waals surface area contributed by atoms with E-state index in [1.54, 1.807) is 37.3 Å². The van der Waals surface area contributed by atoms with Crippen LogP contribution in [0.5, 0.6) is 0 Å². The van der Waals surface area contributed by atoms with Crippen molar-refractivity contribution in [2.45, 2.75) is 13.3 Å². The van der Waals surface area contributed by atoms with E-state index < -0.39 is 0 Å². The van der Waals surface area contributed by atoms with Gasteiger partial charge in [0, 0.05) is 16.6 Å². The maximum atomic E-state index is 13.3. The highest BCUT2D eigenvalue weighted by Crippen LogP contribution is 2.32. The minimum atomic E-state index is -0.324. The van der Waals surface area contributed by atoms with Crippen molar-refractivity contribution in [1.29, 1.82) is 0 Å². The molecule has 4 nitrogen and oxygen atoms in total. The number of hydrogen-bond donors (Lipinski definition) is 1. The molecule has 4 aromatic rings. The highest BCUT2D eigenvalue weighted by Gasteiger charge is 2.12. The first-order chi connectivity index (χ1) is 14.9. The van der Waals surface area contributed by atoms with Gasteiger partial charge < -0.3 is 9.72 Å². The topological polar surface area (TPSA) is 59.2 Å². The molecular weight excluding hydrogens is 417 g/mol. The summed E-state index contributed by atoms with van der Waals surface area (Å²) in [7, 11) is 0. The molecule has 0 saturated carbocycles. The second-order valence-corrected chi connectivity index (χ2v) is 7.53. The highest BCUT2D eigenvalue weighted by atomic mass is 35.5. The summed E-state index contributed by atoms with van der Waals surface area (Å²) in [5.41, 5.74) is 3.80. The van der Waals surface area contributed by atoms with Crippen molar-refractivity contribution < 1.29 is 13.9 Å². The number of halogens is 2. The van der Waals surface area contributed by atoms with Crippen LogP contribution in [0, 0.1) is 5.82 Å². The lowest BCUT2D eigenvalue weighted by Crippen LogP contribution is -2.10.